The molecule has 0 N–H and O–H groups in total. The molecule has 0 saturated carbocycles. The Morgan fingerprint density at radius 1 is 0.556 bits per heavy atom. The van der Waals surface area contributed by atoms with Crippen molar-refractivity contribution in [1.29, 1.82) is 0 Å². The number of aromatic nitrogens is 3. The molecule has 0 amide bonds. The molecule has 6 aromatic rings. The van der Waals surface area contributed by atoms with E-state index in [4.69, 9.17) is 0 Å². The van der Waals surface area contributed by atoms with Gasteiger partial charge in [-0.1, -0.05) is 84.9 Å². The normalized spacial score (nSPS) is 11.7. The first kappa shape index (κ1) is 30.3. The van der Waals surface area contributed by atoms with Gasteiger partial charge in [-0.2, -0.15) is 9.13 Å². The predicted octanol–water partition coefficient (Wildman–Crippen LogP) is 8.67. The van der Waals surface area contributed by atoms with Crippen LogP contribution in [0.3, 0.4) is 0 Å². The van der Waals surface area contributed by atoms with Crippen LogP contribution in [0.5, 0.6) is 0 Å². The van der Waals surface area contributed by atoms with Gasteiger partial charge in [0.15, 0.2) is 11.9 Å². The molecule has 0 saturated heterocycles. The summed E-state index contributed by atoms with van der Waals surface area (Å²) in [5.74, 6) is 1.21. The van der Waals surface area contributed by atoms with E-state index in [9.17, 15) is 0 Å². The van der Waals surface area contributed by atoms with Crippen molar-refractivity contribution in [3.05, 3.63) is 160 Å². The smallest absolute Gasteiger partial charge is 0.223 e. The highest BCUT2D eigenvalue weighted by atomic mass is 15.2. The fraction of sp³-hybridized carbons (Fsp3) is 0.238. The lowest BCUT2D eigenvalue weighted by Gasteiger charge is -2.31. The van der Waals surface area contributed by atoms with Crippen LogP contribution >= 0.6 is 0 Å². The quantitative estimate of drug-likeness (QED) is 0.172. The topological polar surface area (TPSA) is 12.7 Å². The zero-order valence-electron chi connectivity index (χ0n) is 28.2. The molecule has 0 aliphatic heterocycles. The van der Waals surface area contributed by atoms with Gasteiger partial charge in [-0.25, -0.2) is 4.57 Å². The van der Waals surface area contributed by atoms with Gasteiger partial charge in [0.25, 0.3) is 11.5 Å². The minimum atomic E-state index is -0.497. The van der Waals surface area contributed by atoms with Gasteiger partial charge >= 0.3 is 0 Å². The van der Waals surface area contributed by atoms with Gasteiger partial charge in [0.2, 0.25) is 5.69 Å². The van der Waals surface area contributed by atoms with Crippen molar-refractivity contribution in [3.63, 3.8) is 0 Å². The lowest BCUT2D eigenvalue weighted by molar-refractivity contribution is -0.695. The molecule has 2 heterocycles. The maximum absolute atomic E-state index is 2.55. The summed E-state index contributed by atoms with van der Waals surface area (Å²) < 4.78 is 7.34. The van der Waals surface area contributed by atoms with E-state index >= 15 is 0 Å². The SMILES string of the molecule is Cc1cc(-c2c(-c3c(C)cccc3C)n(-c3ccccc3)c(C(C)(c3ccccc3C)c3ccccc3C)[n+]2C)[n+](C)cc1C. The molecule has 226 valence electrons. The van der Waals surface area contributed by atoms with Gasteiger partial charge in [0.05, 0.1) is 7.05 Å². The minimum absolute atomic E-state index is 0.497. The molecule has 0 radical (unpaired) electrons. The summed E-state index contributed by atoms with van der Waals surface area (Å²) >= 11 is 0. The summed E-state index contributed by atoms with van der Waals surface area (Å²) in [6.45, 7) is 15.8. The van der Waals surface area contributed by atoms with E-state index in [0.29, 0.717) is 0 Å². The number of imidazole rings is 1. The third-order valence-electron chi connectivity index (χ3n) is 9.84. The maximum atomic E-state index is 2.55. The summed E-state index contributed by atoms with van der Waals surface area (Å²) in [5.41, 5.74) is 15.8. The van der Waals surface area contributed by atoms with Gasteiger partial charge in [0.1, 0.15) is 18.2 Å². The molecule has 2 aromatic heterocycles. The molecule has 4 aromatic carbocycles. The summed E-state index contributed by atoms with van der Waals surface area (Å²) in [4.78, 5) is 0. The molecule has 0 aliphatic rings. The van der Waals surface area contributed by atoms with Crippen molar-refractivity contribution in [1.82, 2.24) is 4.57 Å². The summed E-state index contributed by atoms with van der Waals surface area (Å²) in [5, 5.41) is 0. The first-order valence-corrected chi connectivity index (χ1v) is 15.9. The third-order valence-corrected chi connectivity index (χ3v) is 9.84. The number of hydrogen-bond acceptors (Lipinski definition) is 0. The van der Waals surface area contributed by atoms with E-state index in [1.54, 1.807) is 0 Å². The van der Waals surface area contributed by atoms with Crippen LogP contribution in [0.4, 0.5) is 0 Å². The Morgan fingerprint density at radius 2 is 1.07 bits per heavy atom. The van der Waals surface area contributed by atoms with Crippen molar-refractivity contribution >= 4 is 0 Å². The molecular formula is C42H45N3+2. The van der Waals surface area contributed by atoms with Crippen LogP contribution in [-0.4, -0.2) is 4.57 Å². The van der Waals surface area contributed by atoms with Gasteiger partial charge < -0.3 is 0 Å². The molecule has 0 unspecified atom stereocenters. The zero-order chi connectivity index (χ0) is 32.0. The first-order chi connectivity index (χ1) is 21.6. The molecule has 0 atom stereocenters. The first-order valence-electron chi connectivity index (χ1n) is 15.9. The average molecular weight is 592 g/mol. The zero-order valence-corrected chi connectivity index (χ0v) is 28.2. The van der Waals surface area contributed by atoms with Crippen molar-refractivity contribution in [2.45, 2.75) is 53.9 Å². The molecule has 0 bridgehead atoms. The van der Waals surface area contributed by atoms with Gasteiger partial charge in [-0.3, -0.25) is 0 Å². The third kappa shape index (κ3) is 4.91. The predicted molar refractivity (Wildman–Crippen MR) is 186 cm³/mol. The highest BCUT2D eigenvalue weighted by molar-refractivity contribution is 5.80. The number of pyridine rings is 1. The van der Waals surface area contributed by atoms with Crippen LogP contribution in [-0.2, 0) is 19.5 Å². The largest absolute Gasteiger partial charge is 0.277 e. The van der Waals surface area contributed by atoms with Crippen molar-refractivity contribution in [3.8, 4) is 28.3 Å². The lowest BCUT2D eigenvalue weighted by Crippen LogP contribution is -2.46. The van der Waals surface area contributed by atoms with E-state index in [-0.39, 0.29) is 0 Å². The molecule has 3 heteroatoms. The van der Waals surface area contributed by atoms with Crippen molar-refractivity contribution in [2.75, 3.05) is 0 Å². The standard InChI is InChI=1S/C42H45N3/c1-28-18-13-15-24-35(28)42(7,36-25-16-14-19-29(36)2)41-44(9)39(37-26-32(5)33(6)27-43(37)8)40(38-30(3)20-17-21-31(38)4)45(41)34-22-11-10-12-23-34/h10-27H,1-9H3/q+2. The van der Waals surface area contributed by atoms with E-state index < -0.39 is 5.41 Å². The number of benzene rings is 4. The Hall–Kier alpha value is -4.76. The van der Waals surface area contributed by atoms with E-state index in [1.165, 1.54) is 73.0 Å². The van der Waals surface area contributed by atoms with Crippen LogP contribution in [0.15, 0.2) is 109 Å². The average Bonchev–Trinajstić information content (AvgIpc) is 3.32. The second-order valence-corrected chi connectivity index (χ2v) is 12.9. The summed E-state index contributed by atoms with van der Waals surface area (Å²) in [7, 11) is 4.45. The summed E-state index contributed by atoms with van der Waals surface area (Å²) in [6.07, 6.45) is 2.26. The second-order valence-electron chi connectivity index (χ2n) is 12.9. The number of para-hydroxylation sites is 1. The lowest BCUT2D eigenvalue weighted by atomic mass is 9.72. The second kappa shape index (κ2) is 11.6. The molecule has 6 rings (SSSR count). The Labute approximate surface area is 269 Å². The fourth-order valence-electron chi connectivity index (χ4n) is 7.50. The highest BCUT2D eigenvalue weighted by Crippen LogP contribution is 2.46. The number of aryl methyl sites for hydroxylation is 7. The van der Waals surface area contributed by atoms with E-state index in [1.807, 2.05) is 0 Å². The number of nitrogens with zero attached hydrogens (tertiary/aromatic N) is 3. The number of rotatable bonds is 6. The van der Waals surface area contributed by atoms with E-state index in [2.05, 4.69) is 186 Å². The van der Waals surface area contributed by atoms with Crippen LogP contribution in [0.25, 0.3) is 28.3 Å². The highest BCUT2D eigenvalue weighted by Gasteiger charge is 2.48. The van der Waals surface area contributed by atoms with Crippen LogP contribution in [0.2, 0.25) is 0 Å². The maximum Gasteiger partial charge on any atom is 0.277 e. The van der Waals surface area contributed by atoms with E-state index in [0.717, 1.165) is 5.69 Å². The molecule has 0 aliphatic carbocycles. The van der Waals surface area contributed by atoms with Crippen molar-refractivity contribution in [2.24, 2.45) is 14.1 Å². The fourth-order valence-corrected chi connectivity index (χ4v) is 7.50. The monoisotopic (exact) mass is 591 g/mol. The van der Waals surface area contributed by atoms with Crippen molar-refractivity contribution < 1.29 is 9.13 Å². The molecule has 0 spiro atoms. The minimum Gasteiger partial charge on any atom is -0.223 e. The summed E-state index contributed by atoms with van der Waals surface area (Å²) in [6, 6.07) is 37.7. The molecule has 3 nitrogen and oxygen atoms in total. The van der Waals surface area contributed by atoms with Crippen LogP contribution < -0.4 is 9.13 Å². The Kier molecular flexibility index (Phi) is 7.82. The number of hydrogen-bond donors (Lipinski definition) is 0. The molecule has 0 fully saturated rings. The van der Waals surface area contributed by atoms with Gasteiger partial charge in [-0.15, -0.1) is 0 Å². The Morgan fingerprint density at radius 3 is 1.62 bits per heavy atom. The molecular weight excluding hydrogens is 546 g/mol. The Bertz CT molecular complexity index is 1980. The van der Waals surface area contributed by atoms with Gasteiger partial charge in [-0.05, 0) is 99.5 Å². The van der Waals surface area contributed by atoms with Crippen LogP contribution in [0.1, 0.15) is 57.3 Å². The van der Waals surface area contributed by atoms with Crippen LogP contribution in [0, 0.1) is 41.5 Å². The Balaban J connectivity index is 1.92. The van der Waals surface area contributed by atoms with Gasteiger partial charge in [0, 0.05) is 17.2 Å². The molecule has 45 heavy (non-hydrogen) atoms.